The molecule has 9 heteroatoms. The Morgan fingerprint density at radius 1 is 1.03 bits per heavy atom. The van der Waals surface area contributed by atoms with Crippen molar-refractivity contribution in [2.24, 2.45) is 0 Å². The number of halogens is 1. The lowest BCUT2D eigenvalue weighted by Gasteiger charge is -2.13. The van der Waals surface area contributed by atoms with E-state index in [1.165, 1.54) is 55.8 Å². The SMILES string of the molecule is COC(=O)c1ccc(NC(=O)c2cc(Oc3cccc(F)c3)nc(OC(C)C)c2)nc1. The van der Waals surface area contributed by atoms with E-state index in [2.05, 4.69) is 20.0 Å². The predicted molar refractivity (Wildman–Crippen MR) is 110 cm³/mol. The fourth-order valence-electron chi connectivity index (χ4n) is 2.51. The average molecular weight is 425 g/mol. The van der Waals surface area contributed by atoms with E-state index in [-0.39, 0.29) is 40.6 Å². The number of benzene rings is 1. The first-order chi connectivity index (χ1) is 14.8. The summed E-state index contributed by atoms with van der Waals surface area (Å²) in [5.41, 5.74) is 0.443. The fourth-order valence-corrected chi connectivity index (χ4v) is 2.51. The van der Waals surface area contributed by atoms with Gasteiger partial charge in [-0.1, -0.05) is 6.07 Å². The Bertz CT molecular complexity index is 1090. The molecule has 0 bridgehead atoms. The first-order valence-corrected chi connectivity index (χ1v) is 9.32. The van der Waals surface area contributed by atoms with Crippen LogP contribution >= 0.6 is 0 Å². The summed E-state index contributed by atoms with van der Waals surface area (Å²) in [4.78, 5) is 32.5. The average Bonchev–Trinajstić information content (AvgIpc) is 2.73. The number of hydrogen-bond acceptors (Lipinski definition) is 7. The number of carbonyl (C=O) groups is 2. The third-order valence-corrected chi connectivity index (χ3v) is 3.84. The number of methoxy groups -OCH3 is 1. The van der Waals surface area contributed by atoms with E-state index in [9.17, 15) is 14.0 Å². The topological polar surface area (TPSA) is 99.6 Å². The molecule has 0 atom stereocenters. The van der Waals surface area contributed by atoms with Gasteiger partial charge in [-0.3, -0.25) is 4.79 Å². The maximum atomic E-state index is 13.4. The molecule has 31 heavy (non-hydrogen) atoms. The number of rotatable bonds is 7. The molecule has 3 aromatic rings. The van der Waals surface area contributed by atoms with Crippen molar-refractivity contribution in [3.8, 4) is 17.5 Å². The zero-order valence-electron chi connectivity index (χ0n) is 17.1. The van der Waals surface area contributed by atoms with Crippen LogP contribution in [0.2, 0.25) is 0 Å². The van der Waals surface area contributed by atoms with Gasteiger partial charge in [0.15, 0.2) is 0 Å². The van der Waals surface area contributed by atoms with Crippen LogP contribution in [-0.4, -0.2) is 35.1 Å². The summed E-state index contributed by atoms with van der Waals surface area (Å²) in [6, 6.07) is 11.4. The smallest absolute Gasteiger partial charge is 0.339 e. The number of nitrogens with one attached hydrogen (secondary N) is 1. The lowest BCUT2D eigenvalue weighted by molar-refractivity contribution is 0.0600. The Kier molecular flexibility index (Phi) is 6.76. The van der Waals surface area contributed by atoms with E-state index in [1.807, 2.05) is 13.8 Å². The summed E-state index contributed by atoms with van der Waals surface area (Å²) in [7, 11) is 1.27. The molecule has 160 valence electrons. The Balaban J connectivity index is 1.84. The zero-order chi connectivity index (χ0) is 22.4. The van der Waals surface area contributed by atoms with Gasteiger partial charge in [-0.15, -0.1) is 0 Å². The van der Waals surface area contributed by atoms with Crippen molar-refractivity contribution in [2.45, 2.75) is 20.0 Å². The summed E-state index contributed by atoms with van der Waals surface area (Å²) >= 11 is 0. The Labute approximate surface area is 178 Å². The molecule has 1 aromatic carbocycles. The minimum Gasteiger partial charge on any atom is -0.475 e. The Hall–Kier alpha value is -4.01. The van der Waals surface area contributed by atoms with Crippen LogP contribution in [0.3, 0.4) is 0 Å². The van der Waals surface area contributed by atoms with Gasteiger partial charge in [-0.2, -0.15) is 4.98 Å². The largest absolute Gasteiger partial charge is 0.475 e. The van der Waals surface area contributed by atoms with Crippen LogP contribution in [0.4, 0.5) is 10.2 Å². The molecule has 0 saturated heterocycles. The highest BCUT2D eigenvalue weighted by Crippen LogP contribution is 2.25. The minimum absolute atomic E-state index is 0.0582. The Morgan fingerprint density at radius 3 is 2.45 bits per heavy atom. The van der Waals surface area contributed by atoms with Gasteiger partial charge in [0.05, 0.1) is 24.3 Å². The summed E-state index contributed by atoms with van der Waals surface area (Å²) in [5, 5.41) is 2.62. The summed E-state index contributed by atoms with van der Waals surface area (Å²) in [5.74, 6) is -0.820. The van der Waals surface area contributed by atoms with E-state index < -0.39 is 17.7 Å². The van der Waals surface area contributed by atoms with E-state index in [0.717, 1.165) is 0 Å². The quantitative estimate of drug-likeness (QED) is 0.565. The zero-order valence-corrected chi connectivity index (χ0v) is 17.1. The fraction of sp³-hybridized carbons (Fsp3) is 0.182. The van der Waals surface area contributed by atoms with E-state index in [4.69, 9.17) is 9.47 Å². The molecule has 2 heterocycles. The Morgan fingerprint density at radius 2 is 1.81 bits per heavy atom. The summed E-state index contributed by atoms with van der Waals surface area (Å²) in [6.07, 6.45) is 1.10. The van der Waals surface area contributed by atoms with Gasteiger partial charge >= 0.3 is 5.97 Å². The second-order valence-electron chi connectivity index (χ2n) is 6.64. The van der Waals surface area contributed by atoms with Gasteiger partial charge in [0.25, 0.3) is 5.91 Å². The highest BCUT2D eigenvalue weighted by molar-refractivity contribution is 6.04. The van der Waals surface area contributed by atoms with Crippen molar-refractivity contribution in [3.63, 3.8) is 0 Å². The number of aromatic nitrogens is 2. The number of ether oxygens (including phenoxy) is 3. The standard InChI is InChI=1S/C22H20FN3O5/c1-13(2)30-19-9-15(10-20(26-19)31-17-6-4-5-16(23)11-17)21(27)25-18-8-7-14(12-24-18)22(28)29-3/h4-13H,1-3H3,(H,24,25,27). The van der Waals surface area contributed by atoms with E-state index in [1.54, 1.807) is 6.07 Å². The molecular weight excluding hydrogens is 405 g/mol. The molecule has 0 unspecified atom stereocenters. The number of nitrogens with zero attached hydrogens (tertiary/aromatic N) is 2. The lowest BCUT2D eigenvalue weighted by Crippen LogP contribution is -2.15. The highest BCUT2D eigenvalue weighted by atomic mass is 19.1. The molecule has 0 aliphatic heterocycles. The molecule has 0 saturated carbocycles. The summed E-state index contributed by atoms with van der Waals surface area (Å²) in [6.45, 7) is 3.63. The third kappa shape index (κ3) is 5.99. The number of anilines is 1. The van der Waals surface area contributed by atoms with Crippen molar-refractivity contribution in [1.82, 2.24) is 9.97 Å². The lowest BCUT2D eigenvalue weighted by atomic mass is 10.2. The molecule has 8 nitrogen and oxygen atoms in total. The number of amides is 1. The van der Waals surface area contributed by atoms with Gasteiger partial charge in [0.1, 0.15) is 17.4 Å². The van der Waals surface area contributed by atoms with Crippen LogP contribution in [0, 0.1) is 5.82 Å². The molecule has 1 amide bonds. The van der Waals surface area contributed by atoms with Crippen LogP contribution < -0.4 is 14.8 Å². The molecule has 0 spiro atoms. The molecule has 0 radical (unpaired) electrons. The number of carbonyl (C=O) groups excluding carboxylic acids is 2. The third-order valence-electron chi connectivity index (χ3n) is 3.84. The second-order valence-corrected chi connectivity index (χ2v) is 6.64. The van der Waals surface area contributed by atoms with Gasteiger partial charge < -0.3 is 19.5 Å². The molecule has 0 aliphatic rings. The van der Waals surface area contributed by atoms with Crippen molar-refractivity contribution in [1.29, 1.82) is 0 Å². The highest BCUT2D eigenvalue weighted by Gasteiger charge is 2.15. The van der Waals surface area contributed by atoms with Crippen molar-refractivity contribution < 1.29 is 28.2 Å². The molecule has 1 N–H and O–H groups in total. The van der Waals surface area contributed by atoms with Gasteiger partial charge in [-0.25, -0.2) is 14.2 Å². The monoisotopic (exact) mass is 425 g/mol. The van der Waals surface area contributed by atoms with Crippen LogP contribution in [-0.2, 0) is 4.74 Å². The number of pyridine rings is 2. The van der Waals surface area contributed by atoms with Crippen LogP contribution in [0.15, 0.2) is 54.7 Å². The molecule has 2 aromatic heterocycles. The van der Waals surface area contributed by atoms with Gasteiger partial charge in [0.2, 0.25) is 11.8 Å². The second kappa shape index (κ2) is 9.66. The maximum absolute atomic E-state index is 13.4. The normalized spacial score (nSPS) is 10.5. The first-order valence-electron chi connectivity index (χ1n) is 9.32. The number of hydrogen-bond donors (Lipinski definition) is 1. The van der Waals surface area contributed by atoms with Crippen molar-refractivity contribution in [3.05, 3.63) is 71.7 Å². The molecular formula is C22H20FN3O5. The van der Waals surface area contributed by atoms with Crippen LogP contribution in [0.25, 0.3) is 0 Å². The predicted octanol–water partition coefficient (Wildman–Crippen LogP) is 4.23. The van der Waals surface area contributed by atoms with Crippen LogP contribution in [0.5, 0.6) is 17.5 Å². The first kappa shape index (κ1) is 21.7. The van der Waals surface area contributed by atoms with Crippen LogP contribution in [0.1, 0.15) is 34.6 Å². The summed E-state index contributed by atoms with van der Waals surface area (Å²) < 4.78 is 29.3. The maximum Gasteiger partial charge on any atom is 0.339 e. The van der Waals surface area contributed by atoms with Gasteiger partial charge in [0, 0.05) is 24.4 Å². The molecule has 0 fully saturated rings. The molecule has 3 rings (SSSR count). The van der Waals surface area contributed by atoms with Gasteiger partial charge in [-0.05, 0) is 38.1 Å². The van der Waals surface area contributed by atoms with E-state index in [0.29, 0.717) is 0 Å². The minimum atomic E-state index is -0.533. The van der Waals surface area contributed by atoms with E-state index >= 15 is 0 Å². The number of esters is 1. The van der Waals surface area contributed by atoms with Crippen molar-refractivity contribution in [2.75, 3.05) is 12.4 Å². The van der Waals surface area contributed by atoms with Crippen molar-refractivity contribution >= 4 is 17.7 Å². The molecule has 0 aliphatic carbocycles.